The van der Waals surface area contributed by atoms with E-state index in [-0.39, 0.29) is 22.8 Å². The molecule has 0 radical (unpaired) electrons. The topological polar surface area (TPSA) is 80.4 Å². The van der Waals surface area contributed by atoms with E-state index in [4.69, 9.17) is 17.3 Å². The van der Waals surface area contributed by atoms with Gasteiger partial charge < -0.3 is 20.5 Å². The lowest BCUT2D eigenvalue weighted by Gasteiger charge is -2.30. The Morgan fingerprint density at radius 1 is 1.03 bits per heavy atom. The first-order valence-electron chi connectivity index (χ1n) is 9.14. The Morgan fingerprint density at radius 2 is 1.77 bits per heavy atom. The molecule has 0 fully saturated rings. The van der Waals surface area contributed by atoms with Gasteiger partial charge in [0, 0.05) is 24.8 Å². The van der Waals surface area contributed by atoms with E-state index in [1.54, 1.807) is 0 Å². The molecule has 0 unspecified atom stereocenters. The fourth-order valence-corrected chi connectivity index (χ4v) is 4.02. The number of urea groups is 1. The van der Waals surface area contributed by atoms with Crippen LogP contribution in [-0.2, 0) is 13.1 Å². The number of fused-ring (bicyclic) bond motifs is 1. The number of halogens is 3. The molecule has 0 aliphatic carbocycles. The van der Waals surface area contributed by atoms with Gasteiger partial charge in [0.2, 0.25) is 0 Å². The Bertz CT molecular complexity index is 1150. The van der Waals surface area contributed by atoms with Crippen molar-refractivity contribution in [2.45, 2.75) is 13.1 Å². The first kappa shape index (κ1) is 19.9. The predicted molar refractivity (Wildman–Crippen MR) is 109 cm³/mol. The van der Waals surface area contributed by atoms with Crippen molar-refractivity contribution in [3.8, 4) is 11.3 Å². The van der Waals surface area contributed by atoms with E-state index in [0.29, 0.717) is 24.5 Å². The highest BCUT2D eigenvalue weighted by Gasteiger charge is 2.31. The first-order chi connectivity index (χ1) is 14.4. The number of nitrogens with two attached hydrogens (primary N) is 1. The van der Waals surface area contributed by atoms with Crippen molar-refractivity contribution < 1.29 is 18.4 Å². The van der Waals surface area contributed by atoms with Crippen LogP contribution in [0.25, 0.3) is 11.3 Å². The van der Waals surface area contributed by atoms with Crippen LogP contribution in [0.5, 0.6) is 0 Å². The zero-order valence-electron chi connectivity index (χ0n) is 15.7. The van der Waals surface area contributed by atoms with Crippen LogP contribution < -0.4 is 11.1 Å². The molecule has 4 rings (SSSR count). The number of hydrogen-bond donors (Lipinski definition) is 2. The van der Waals surface area contributed by atoms with Crippen LogP contribution in [0.15, 0.2) is 48.5 Å². The van der Waals surface area contributed by atoms with Crippen molar-refractivity contribution in [3.05, 3.63) is 76.4 Å². The van der Waals surface area contributed by atoms with Crippen molar-refractivity contribution in [3.63, 3.8) is 0 Å². The van der Waals surface area contributed by atoms with E-state index >= 15 is 0 Å². The van der Waals surface area contributed by atoms with Gasteiger partial charge in [0.25, 0.3) is 5.91 Å². The normalized spacial score (nSPS) is 13.1. The summed E-state index contributed by atoms with van der Waals surface area (Å²) in [7, 11) is 0. The molecule has 0 spiro atoms. The number of benzene rings is 2. The van der Waals surface area contributed by atoms with Crippen molar-refractivity contribution in [1.29, 1.82) is 0 Å². The lowest BCUT2D eigenvalue weighted by atomic mass is 10.1. The van der Waals surface area contributed by atoms with Crippen LogP contribution in [0, 0.1) is 11.6 Å². The number of hydrogen-bond acceptors (Lipinski definition) is 2. The third-order valence-electron chi connectivity index (χ3n) is 5.00. The predicted octanol–water partition coefficient (Wildman–Crippen LogP) is 4.23. The van der Waals surface area contributed by atoms with Crippen LogP contribution >= 0.6 is 11.6 Å². The fraction of sp³-hybridized carbons (Fsp3) is 0.143. The van der Waals surface area contributed by atoms with Gasteiger partial charge in [0.05, 0.1) is 28.5 Å². The number of aromatic nitrogens is 1. The molecule has 3 amide bonds. The molecule has 6 nitrogen and oxygen atoms in total. The number of amides is 3. The lowest BCUT2D eigenvalue weighted by Crippen LogP contribution is -2.41. The molecule has 1 aliphatic heterocycles. The first-order valence-corrected chi connectivity index (χ1v) is 9.51. The largest absolute Gasteiger partial charge is 0.365 e. The molecule has 0 bridgehead atoms. The molecule has 2 aromatic carbocycles. The highest BCUT2D eigenvalue weighted by molar-refractivity contribution is 6.36. The third-order valence-corrected chi connectivity index (χ3v) is 5.37. The average molecular weight is 431 g/mol. The smallest absolute Gasteiger partial charge is 0.322 e. The summed E-state index contributed by atoms with van der Waals surface area (Å²) in [5, 5.41) is 2.78. The summed E-state index contributed by atoms with van der Waals surface area (Å²) in [6, 6.07) is 11.9. The Morgan fingerprint density at radius 3 is 2.43 bits per heavy atom. The summed E-state index contributed by atoms with van der Waals surface area (Å²) in [5.74, 6) is -2.75. The molecule has 0 atom stereocenters. The molecule has 3 N–H and O–H groups in total. The molecular weight excluding hydrogens is 414 g/mol. The zero-order chi connectivity index (χ0) is 21.4. The van der Waals surface area contributed by atoms with Gasteiger partial charge in [-0.1, -0.05) is 41.9 Å². The van der Waals surface area contributed by atoms with E-state index in [1.807, 2.05) is 34.9 Å². The highest BCUT2D eigenvalue weighted by atomic mass is 35.5. The van der Waals surface area contributed by atoms with Crippen LogP contribution in [0.2, 0.25) is 5.02 Å². The van der Waals surface area contributed by atoms with Gasteiger partial charge in [-0.2, -0.15) is 0 Å². The Kier molecular flexibility index (Phi) is 5.17. The lowest BCUT2D eigenvalue weighted by molar-refractivity contribution is 0.0997. The Hall–Kier alpha value is -3.39. The van der Waals surface area contributed by atoms with Gasteiger partial charge in [0.15, 0.2) is 11.6 Å². The monoisotopic (exact) mass is 430 g/mol. The van der Waals surface area contributed by atoms with Crippen LogP contribution in [0.4, 0.5) is 19.3 Å². The molecule has 1 aromatic heterocycles. The molecule has 30 heavy (non-hydrogen) atoms. The number of nitrogens with one attached hydrogen (secondary N) is 1. The van der Waals surface area contributed by atoms with Crippen LogP contribution in [-0.4, -0.2) is 28.0 Å². The second-order valence-electron chi connectivity index (χ2n) is 6.85. The standard InChI is InChI=1S/C21H17ClF2N4O2/c22-18-17(20(25)29)16-11-27(21(30)26-13-6-7-14(23)15(24)10-13)8-9-28(16)19(18)12-4-2-1-3-5-12/h1-7,10H,8-9,11H2,(H2,25,29)(H,26,30). The second-order valence-corrected chi connectivity index (χ2v) is 7.22. The molecule has 154 valence electrons. The molecule has 0 saturated carbocycles. The zero-order valence-corrected chi connectivity index (χ0v) is 16.4. The quantitative estimate of drug-likeness (QED) is 0.652. The molecule has 2 heterocycles. The van der Waals surface area contributed by atoms with E-state index in [1.165, 1.54) is 11.0 Å². The summed E-state index contributed by atoms with van der Waals surface area (Å²) in [6.07, 6.45) is 0. The van der Waals surface area contributed by atoms with Gasteiger partial charge in [-0.25, -0.2) is 13.6 Å². The SMILES string of the molecule is NC(=O)c1c(Cl)c(-c2ccccc2)n2c1CN(C(=O)Nc1ccc(F)c(F)c1)CC2. The number of rotatable bonds is 3. The highest BCUT2D eigenvalue weighted by Crippen LogP contribution is 2.37. The molecule has 1 aliphatic rings. The number of anilines is 1. The van der Waals surface area contributed by atoms with Crippen molar-refractivity contribution >= 4 is 29.2 Å². The average Bonchev–Trinajstić information content (AvgIpc) is 3.02. The fourth-order valence-electron chi connectivity index (χ4n) is 3.60. The van der Waals surface area contributed by atoms with Gasteiger partial charge in [0.1, 0.15) is 0 Å². The van der Waals surface area contributed by atoms with Gasteiger partial charge in [-0.05, 0) is 17.7 Å². The van der Waals surface area contributed by atoms with E-state index in [9.17, 15) is 18.4 Å². The molecular formula is C21H17ClF2N4O2. The van der Waals surface area contributed by atoms with Crippen molar-refractivity contribution in [2.24, 2.45) is 5.73 Å². The van der Waals surface area contributed by atoms with Gasteiger partial charge in [-0.3, -0.25) is 4.79 Å². The third kappa shape index (κ3) is 3.50. The second kappa shape index (κ2) is 7.79. The summed E-state index contributed by atoms with van der Waals surface area (Å²) in [5.41, 5.74) is 7.89. The van der Waals surface area contributed by atoms with Gasteiger partial charge >= 0.3 is 6.03 Å². The summed E-state index contributed by atoms with van der Waals surface area (Å²) < 4.78 is 28.4. The summed E-state index contributed by atoms with van der Waals surface area (Å²) in [4.78, 5) is 26.2. The number of carbonyl (C=O) groups excluding carboxylic acids is 2. The molecule has 9 heteroatoms. The Labute approximate surface area is 175 Å². The maximum absolute atomic E-state index is 13.4. The summed E-state index contributed by atoms with van der Waals surface area (Å²) in [6.45, 7) is 0.795. The number of nitrogens with zero attached hydrogens (tertiary/aromatic N) is 2. The minimum atomic E-state index is -1.06. The van der Waals surface area contributed by atoms with Gasteiger partial charge in [-0.15, -0.1) is 0 Å². The van der Waals surface area contributed by atoms with Crippen LogP contribution in [0.3, 0.4) is 0 Å². The van der Waals surface area contributed by atoms with E-state index in [2.05, 4.69) is 5.32 Å². The summed E-state index contributed by atoms with van der Waals surface area (Å²) >= 11 is 6.52. The molecule has 3 aromatic rings. The van der Waals surface area contributed by atoms with Crippen LogP contribution in [0.1, 0.15) is 16.1 Å². The molecule has 0 saturated heterocycles. The minimum Gasteiger partial charge on any atom is -0.365 e. The van der Waals surface area contributed by atoms with Crippen molar-refractivity contribution in [1.82, 2.24) is 9.47 Å². The van der Waals surface area contributed by atoms with E-state index in [0.717, 1.165) is 17.7 Å². The van der Waals surface area contributed by atoms with Crippen molar-refractivity contribution in [2.75, 3.05) is 11.9 Å². The maximum Gasteiger partial charge on any atom is 0.322 e. The number of primary amides is 1. The van der Waals surface area contributed by atoms with E-state index < -0.39 is 23.6 Å². The maximum atomic E-state index is 13.4. The Balaban J connectivity index is 1.65. The number of carbonyl (C=O) groups is 2. The minimum absolute atomic E-state index is 0.0837.